The smallest absolute Gasteiger partial charge is 0.340 e. The number of hydrogen-bond acceptors (Lipinski definition) is 5. The summed E-state index contributed by atoms with van der Waals surface area (Å²) in [6, 6.07) is 5.26. The second kappa shape index (κ2) is 9.11. The second-order valence-corrected chi connectivity index (χ2v) is 5.07. The molecule has 0 fully saturated rings. The molecular formula is C13H18INO4. The Balaban J connectivity index is 2.26. The number of carbonyl (C=O) groups excluding carboxylic acids is 1. The lowest BCUT2D eigenvalue weighted by atomic mass is 10.2. The first-order valence-corrected chi connectivity index (χ1v) is 7.02. The van der Waals surface area contributed by atoms with Gasteiger partial charge in [-0.1, -0.05) is 0 Å². The van der Waals surface area contributed by atoms with Crippen LogP contribution in [0.1, 0.15) is 16.8 Å². The molecule has 0 aliphatic rings. The molecule has 0 saturated heterocycles. The van der Waals surface area contributed by atoms with E-state index in [1.807, 2.05) is 6.07 Å². The number of hydrogen-bond donors (Lipinski definition) is 1. The summed E-state index contributed by atoms with van der Waals surface area (Å²) in [7, 11) is 1.62. The Labute approximate surface area is 126 Å². The van der Waals surface area contributed by atoms with Crippen molar-refractivity contribution in [2.24, 2.45) is 0 Å². The molecule has 0 heterocycles. The van der Waals surface area contributed by atoms with Crippen molar-refractivity contribution < 1.29 is 19.0 Å². The summed E-state index contributed by atoms with van der Waals surface area (Å²) in [6.07, 6.45) is 0.652. The fourth-order valence-electron chi connectivity index (χ4n) is 1.35. The molecule has 0 aliphatic carbocycles. The van der Waals surface area contributed by atoms with Gasteiger partial charge >= 0.3 is 5.97 Å². The van der Waals surface area contributed by atoms with Crippen LogP contribution < -0.4 is 5.73 Å². The maximum atomic E-state index is 11.8. The molecule has 0 spiro atoms. The molecule has 19 heavy (non-hydrogen) atoms. The predicted octanol–water partition coefficient (Wildman–Crippen LogP) is 2.08. The number of nitrogen functional groups attached to an aromatic ring is 1. The molecule has 106 valence electrons. The standard InChI is InChI=1S/C13H18INO4/c1-17-7-8-18-5-2-6-19-13(16)11-9-10(14)3-4-12(11)15/h3-4,9H,2,5-8,15H2,1H3. The van der Waals surface area contributed by atoms with Gasteiger partial charge in [0.15, 0.2) is 0 Å². The van der Waals surface area contributed by atoms with Crippen LogP contribution in [0, 0.1) is 3.57 Å². The number of esters is 1. The molecule has 0 unspecified atom stereocenters. The van der Waals surface area contributed by atoms with E-state index in [0.717, 1.165) is 3.57 Å². The summed E-state index contributed by atoms with van der Waals surface area (Å²) >= 11 is 2.12. The van der Waals surface area contributed by atoms with Crippen molar-refractivity contribution in [3.8, 4) is 0 Å². The van der Waals surface area contributed by atoms with Crippen LogP contribution in [0.25, 0.3) is 0 Å². The number of nitrogens with two attached hydrogens (primary N) is 1. The average Bonchev–Trinajstić information content (AvgIpc) is 2.40. The summed E-state index contributed by atoms with van der Waals surface area (Å²) in [6.45, 7) is 1.97. The van der Waals surface area contributed by atoms with E-state index in [-0.39, 0.29) is 0 Å². The van der Waals surface area contributed by atoms with Gasteiger partial charge in [-0.2, -0.15) is 0 Å². The molecule has 1 aromatic carbocycles. The van der Waals surface area contributed by atoms with Crippen LogP contribution in [-0.4, -0.2) is 39.5 Å². The quantitative estimate of drug-likeness (QED) is 0.324. The van der Waals surface area contributed by atoms with Gasteiger partial charge in [0.25, 0.3) is 0 Å². The largest absolute Gasteiger partial charge is 0.462 e. The van der Waals surface area contributed by atoms with Crippen LogP contribution in [-0.2, 0) is 14.2 Å². The summed E-state index contributed by atoms with van der Waals surface area (Å²) in [5.74, 6) is -0.395. The van der Waals surface area contributed by atoms with Crippen molar-refractivity contribution in [3.63, 3.8) is 0 Å². The zero-order valence-electron chi connectivity index (χ0n) is 10.9. The average molecular weight is 379 g/mol. The lowest BCUT2D eigenvalue weighted by Crippen LogP contribution is -2.11. The van der Waals surface area contributed by atoms with Gasteiger partial charge in [-0.3, -0.25) is 0 Å². The van der Waals surface area contributed by atoms with E-state index in [1.54, 1.807) is 19.2 Å². The molecule has 1 rings (SSSR count). The predicted molar refractivity (Wildman–Crippen MR) is 81.2 cm³/mol. The fraction of sp³-hybridized carbons (Fsp3) is 0.462. The molecule has 6 heteroatoms. The fourth-order valence-corrected chi connectivity index (χ4v) is 1.84. The SMILES string of the molecule is COCCOCCCOC(=O)c1cc(I)ccc1N. The summed E-state index contributed by atoms with van der Waals surface area (Å²) < 4.78 is 16.2. The third kappa shape index (κ3) is 6.22. The number of anilines is 1. The third-order valence-corrected chi connectivity index (χ3v) is 3.00. The van der Waals surface area contributed by atoms with Gasteiger partial charge in [-0.15, -0.1) is 0 Å². The van der Waals surface area contributed by atoms with E-state index < -0.39 is 5.97 Å². The number of rotatable bonds is 8. The molecule has 0 radical (unpaired) electrons. The van der Waals surface area contributed by atoms with Crippen molar-refractivity contribution in [2.45, 2.75) is 6.42 Å². The van der Waals surface area contributed by atoms with Crippen LogP contribution in [0.4, 0.5) is 5.69 Å². The molecule has 0 aromatic heterocycles. The first-order valence-electron chi connectivity index (χ1n) is 5.94. The monoisotopic (exact) mass is 379 g/mol. The number of methoxy groups -OCH3 is 1. The Morgan fingerprint density at radius 2 is 2.05 bits per heavy atom. The first-order chi connectivity index (χ1) is 9.15. The highest BCUT2D eigenvalue weighted by Crippen LogP contribution is 2.16. The molecular weight excluding hydrogens is 361 g/mol. The number of carbonyl (C=O) groups is 1. The van der Waals surface area contributed by atoms with Gasteiger partial charge in [0.05, 0.1) is 25.4 Å². The van der Waals surface area contributed by atoms with Gasteiger partial charge < -0.3 is 19.9 Å². The van der Waals surface area contributed by atoms with Gasteiger partial charge in [-0.05, 0) is 40.8 Å². The minimum Gasteiger partial charge on any atom is -0.462 e. The lowest BCUT2D eigenvalue weighted by molar-refractivity contribution is 0.0386. The van der Waals surface area contributed by atoms with Gasteiger partial charge in [0.1, 0.15) is 0 Å². The number of halogens is 1. The molecule has 5 nitrogen and oxygen atoms in total. The zero-order chi connectivity index (χ0) is 14.1. The minimum absolute atomic E-state index is 0.316. The van der Waals surface area contributed by atoms with Crippen molar-refractivity contribution in [3.05, 3.63) is 27.3 Å². The van der Waals surface area contributed by atoms with Gasteiger partial charge in [0.2, 0.25) is 0 Å². The normalized spacial score (nSPS) is 10.4. The van der Waals surface area contributed by atoms with E-state index in [2.05, 4.69) is 22.6 Å². The topological polar surface area (TPSA) is 70.8 Å². The Bertz CT molecular complexity index is 412. The van der Waals surface area contributed by atoms with Crippen LogP contribution in [0.2, 0.25) is 0 Å². The number of benzene rings is 1. The van der Waals surface area contributed by atoms with Gasteiger partial charge in [0, 0.05) is 29.4 Å². The van der Waals surface area contributed by atoms with Crippen LogP contribution in [0.15, 0.2) is 18.2 Å². The Kier molecular flexibility index (Phi) is 7.76. The molecule has 0 aliphatic heterocycles. The maximum Gasteiger partial charge on any atom is 0.340 e. The first kappa shape index (κ1) is 16.2. The maximum absolute atomic E-state index is 11.8. The van der Waals surface area contributed by atoms with Crippen LogP contribution >= 0.6 is 22.6 Å². The van der Waals surface area contributed by atoms with Crippen LogP contribution in [0.5, 0.6) is 0 Å². The van der Waals surface area contributed by atoms with Crippen molar-refractivity contribution in [1.82, 2.24) is 0 Å². The second-order valence-electron chi connectivity index (χ2n) is 3.83. The number of ether oxygens (including phenoxy) is 3. The Hall–Kier alpha value is -0.860. The van der Waals surface area contributed by atoms with E-state index in [1.165, 1.54) is 0 Å². The van der Waals surface area contributed by atoms with Crippen molar-refractivity contribution in [2.75, 3.05) is 39.3 Å². The molecule has 0 bridgehead atoms. The summed E-state index contributed by atoms with van der Waals surface area (Å²) in [5.41, 5.74) is 6.57. The highest BCUT2D eigenvalue weighted by atomic mass is 127. The van der Waals surface area contributed by atoms with Gasteiger partial charge in [-0.25, -0.2) is 4.79 Å². The van der Waals surface area contributed by atoms with Crippen LogP contribution in [0.3, 0.4) is 0 Å². The third-order valence-electron chi connectivity index (χ3n) is 2.33. The summed E-state index contributed by atoms with van der Waals surface area (Å²) in [4.78, 5) is 11.8. The van der Waals surface area contributed by atoms with Crippen molar-refractivity contribution >= 4 is 34.2 Å². The Morgan fingerprint density at radius 3 is 2.79 bits per heavy atom. The zero-order valence-corrected chi connectivity index (χ0v) is 13.0. The highest BCUT2D eigenvalue weighted by Gasteiger charge is 2.11. The minimum atomic E-state index is -0.395. The molecule has 0 amide bonds. The highest BCUT2D eigenvalue weighted by molar-refractivity contribution is 14.1. The van der Waals surface area contributed by atoms with E-state index in [0.29, 0.717) is 44.1 Å². The molecule has 1 aromatic rings. The van der Waals surface area contributed by atoms with E-state index >= 15 is 0 Å². The lowest BCUT2D eigenvalue weighted by Gasteiger charge is -2.08. The molecule has 2 N–H and O–H groups in total. The summed E-state index contributed by atoms with van der Waals surface area (Å²) in [5, 5.41) is 0. The van der Waals surface area contributed by atoms with E-state index in [9.17, 15) is 4.79 Å². The van der Waals surface area contributed by atoms with E-state index in [4.69, 9.17) is 19.9 Å². The van der Waals surface area contributed by atoms with Crippen molar-refractivity contribution in [1.29, 1.82) is 0 Å². The molecule has 0 atom stereocenters. The molecule has 0 saturated carbocycles. The Morgan fingerprint density at radius 1 is 1.26 bits per heavy atom.